The lowest BCUT2D eigenvalue weighted by Gasteiger charge is -2.21. The summed E-state index contributed by atoms with van der Waals surface area (Å²) in [4.78, 5) is 4.43. The fraction of sp³-hybridized carbons (Fsp3) is 0.545. The lowest BCUT2D eigenvalue weighted by Crippen LogP contribution is -2.17. The van der Waals surface area contributed by atoms with E-state index in [0.717, 1.165) is 31.1 Å². The number of halogens is 2. The van der Waals surface area contributed by atoms with Gasteiger partial charge in [0.15, 0.2) is 0 Å². The molecule has 1 N–H and O–H groups in total. The third kappa shape index (κ3) is 3.41. The Balaban J connectivity index is 2.13. The largest absolute Gasteiger partial charge is 0.381 e. The molecule has 94 valence electrons. The zero-order valence-electron chi connectivity index (χ0n) is 9.50. The lowest BCUT2D eigenvalue weighted by molar-refractivity contribution is 0.1000. The van der Waals surface area contributed by atoms with Crippen molar-refractivity contribution in [1.82, 2.24) is 4.98 Å². The topological polar surface area (TPSA) is 34.2 Å². The van der Waals surface area contributed by atoms with Crippen molar-refractivity contribution in [3.05, 3.63) is 16.1 Å². The molecule has 17 heavy (non-hydrogen) atoms. The van der Waals surface area contributed by atoms with Gasteiger partial charge in [-0.1, -0.05) is 23.2 Å². The zero-order chi connectivity index (χ0) is 12.3. The van der Waals surface area contributed by atoms with E-state index >= 15 is 0 Å². The van der Waals surface area contributed by atoms with Crippen molar-refractivity contribution in [2.24, 2.45) is 0 Å². The van der Waals surface area contributed by atoms with E-state index in [0.29, 0.717) is 21.1 Å². The molecule has 1 aliphatic rings. The van der Waals surface area contributed by atoms with Crippen LogP contribution in [0.15, 0.2) is 11.1 Å². The maximum atomic E-state index is 6.15. The minimum absolute atomic E-state index is 0.527. The zero-order valence-corrected chi connectivity index (χ0v) is 11.8. The van der Waals surface area contributed by atoms with Crippen molar-refractivity contribution in [3.63, 3.8) is 0 Å². The van der Waals surface area contributed by atoms with E-state index < -0.39 is 0 Å². The summed E-state index contributed by atoms with van der Waals surface area (Å²) in [6, 6.07) is 1.74. The Labute approximate surface area is 115 Å². The van der Waals surface area contributed by atoms with E-state index in [1.165, 1.54) is 0 Å². The number of aromatic nitrogens is 1. The second-order valence-corrected chi connectivity index (χ2v) is 5.89. The van der Waals surface area contributed by atoms with Crippen LogP contribution < -0.4 is 5.32 Å². The SMILES string of the molecule is CNc1nc(SC2CCOCC2)c(Cl)cc1Cl. The highest BCUT2D eigenvalue weighted by molar-refractivity contribution is 8.00. The number of rotatable bonds is 3. The standard InChI is InChI=1S/C11H14Cl2N2OS/c1-14-10-8(12)6-9(13)11(15-10)17-7-2-4-16-5-3-7/h6-7H,2-5H2,1H3,(H,14,15). The molecule has 1 fully saturated rings. The number of hydrogen-bond donors (Lipinski definition) is 1. The first-order chi connectivity index (χ1) is 8.20. The van der Waals surface area contributed by atoms with Crippen LogP contribution in [0.2, 0.25) is 10.0 Å². The van der Waals surface area contributed by atoms with Gasteiger partial charge in [-0.3, -0.25) is 0 Å². The molecule has 3 nitrogen and oxygen atoms in total. The average molecular weight is 293 g/mol. The van der Waals surface area contributed by atoms with E-state index in [4.69, 9.17) is 27.9 Å². The van der Waals surface area contributed by atoms with E-state index in [9.17, 15) is 0 Å². The van der Waals surface area contributed by atoms with E-state index in [1.54, 1.807) is 24.9 Å². The molecule has 0 unspecified atom stereocenters. The Morgan fingerprint density at radius 1 is 1.35 bits per heavy atom. The molecule has 0 aromatic carbocycles. The van der Waals surface area contributed by atoms with Crippen molar-refractivity contribution in [3.8, 4) is 0 Å². The van der Waals surface area contributed by atoms with Crippen LogP contribution in [0.5, 0.6) is 0 Å². The summed E-state index contributed by atoms with van der Waals surface area (Å²) in [5, 5.41) is 5.49. The molecule has 1 aromatic rings. The number of anilines is 1. The maximum Gasteiger partial charge on any atom is 0.145 e. The third-order valence-electron chi connectivity index (χ3n) is 2.58. The van der Waals surface area contributed by atoms with Gasteiger partial charge in [-0.2, -0.15) is 0 Å². The molecule has 0 spiro atoms. The van der Waals surface area contributed by atoms with Crippen LogP contribution >= 0.6 is 35.0 Å². The Morgan fingerprint density at radius 2 is 2.06 bits per heavy atom. The van der Waals surface area contributed by atoms with Gasteiger partial charge in [0.05, 0.1) is 10.0 Å². The summed E-state index contributed by atoms with van der Waals surface area (Å²) in [7, 11) is 1.80. The molecule has 0 radical (unpaired) electrons. The Morgan fingerprint density at radius 3 is 2.71 bits per heavy atom. The molecule has 0 aliphatic carbocycles. The van der Waals surface area contributed by atoms with Gasteiger partial charge in [-0.15, -0.1) is 11.8 Å². The molecule has 2 heterocycles. The average Bonchev–Trinajstić information content (AvgIpc) is 2.34. The quantitative estimate of drug-likeness (QED) is 0.921. The molecule has 0 bridgehead atoms. The fourth-order valence-corrected chi connectivity index (χ4v) is 3.31. The summed E-state index contributed by atoms with van der Waals surface area (Å²) < 4.78 is 5.33. The summed E-state index contributed by atoms with van der Waals surface area (Å²) in [6.45, 7) is 1.64. The van der Waals surface area contributed by atoms with Gasteiger partial charge in [-0.05, 0) is 18.9 Å². The number of nitrogens with zero attached hydrogens (tertiary/aromatic N) is 1. The van der Waals surface area contributed by atoms with Crippen LogP contribution in [-0.2, 0) is 4.74 Å². The van der Waals surface area contributed by atoms with Gasteiger partial charge in [0, 0.05) is 25.5 Å². The number of ether oxygens (including phenoxy) is 1. The fourth-order valence-electron chi connectivity index (χ4n) is 1.66. The van der Waals surface area contributed by atoms with Gasteiger partial charge in [0.1, 0.15) is 10.8 Å². The second-order valence-electron chi connectivity index (χ2n) is 3.79. The number of hydrogen-bond acceptors (Lipinski definition) is 4. The summed E-state index contributed by atoms with van der Waals surface area (Å²) >= 11 is 13.9. The van der Waals surface area contributed by atoms with Crippen LogP contribution in [0.3, 0.4) is 0 Å². The second kappa shape index (κ2) is 6.14. The molecular formula is C11H14Cl2N2OS. The van der Waals surface area contributed by atoms with E-state index in [-0.39, 0.29) is 0 Å². The van der Waals surface area contributed by atoms with Crippen LogP contribution in [0.4, 0.5) is 5.82 Å². The molecule has 1 saturated heterocycles. The summed E-state index contributed by atoms with van der Waals surface area (Å²) in [5.74, 6) is 0.672. The normalized spacial score (nSPS) is 17.1. The van der Waals surface area contributed by atoms with E-state index in [1.807, 2.05) is 0 Å². The predicted molar refractivity (Wildman–Crippen MR) is 73.5 cm³/mol. The van der Waals surface area contributed by atoms with Crippen molar-refractivity contribution in [1.29, 1.82) is 0 Å². The van der Waals surface area contributed by atoms with Crippen LogP contribution in [0.1, 0.15) is 12.8 Å². The van der Waals surface area contributed by atoms with Gasteiger partial charge in [0.25, 0.3) is 0 Å². The van der Waals surface area contributed by atoms with Crippen molar-refractivity contribution >= 4 is 40.8 Å². The number of pyridine rings is 1. The molecule has 6 heteroatoms. The minimum atomic E-state index is 0.527. The molecule has 0 saturated carbocycles. The molecule has 0 atom stereocenters. The van der Waals surface area contributed by atoms with Gasteiger partial charge >= 0.3 is 0 Å². The highest BCUT2D eigenvalue weighted by atomic mass is 35.5. The van der Waals surface area contributed by atoms with Crippen LogP contribution in [-0.4, -0.2) is 30.5 Å². The Kier molecular flexibility index (Phi) is 4.79. The molecular weight excluding hydrogens is 279 g/mol. The Hall–Kier alpha value is -0.160. The third-order valence-corrected chi connectivity index (χ3v) is 4.61. The summed E-state index contributed by atoms with van der Waals surface area (Å²) in [5.41, 5.74) is 0. The monoisotopic (exact) mass is 292 g/mol. The van der Waals surface area contributed by atoms with Gasteiger partial charge in [-0.25, -0.2) is 4.98 Å². The highest BCUT2D eigenvalue weighted by Crippen LogP contribution is 2.36. The van der Waals surface area contributed by atoms with Crippen molar-refractivity contribution in [2.45, 2.75) is 23.1 Å². The minimum Gasteiger partial charge on any atom is -0.381 e. The number of nitrogens with one attached hydrogen (secondary N) is 1. The first-order valence-electron chi connectivity index (χ1n) is 5.49. The predicted octanol–water partition coefficient (Wildman–Crippen LogP) is 3.70. The lowest BCUT2D eigenvalue weighted by atomic mass is 10.2. The smallest absolute Gasteiger partial charge is 0.145 e. The van der Waals surface area contributed by atoms with Crippen LogP contribution in [0, 0.1) is 0 Å². The first kappa shape index (κ1) is 13.3. The molecule has 2 rings (SSSR count). The highest BCUT2D eigenvalue weighted by Gasteiger charge is 2.18. The van der Waals surface area contributed by atoms with Crippen molar-refractivity contribution in [2.75, 3.05) is 25.6 Å². The molecule has 0 amide bonds. The van der Waals surface area contributed by atoms with Gasteiger partial charge in [0.2, 0.25) is 0 Å². The Bertz CT molecular complexity index is 397. The number of thioether (sulfide) groups is 1. The van der Waals surface area contributed by atoms with E-state index in [2.05, 4.69) is 10.3 Å². The molecule has 1 aromatic heterocycles. The van der Waals surface area contributed by atoms with Gasteiger partial charge < -0.3 is 10.1 Å². The molecule has 1 aliphatic heterocycles. The summed E-state index contributed by atoms with van der Waals surface area (Å²) in [6.07, 6.45) is 2.08. The van der Waals surface area contributed by atoms with Crippen molar-refractivity contribution < 1.29 is 4.74 Å². The maximum absolute atomic E-state index is 6.15. The van der Waals surface area contributed by atoms with Crippen LogP contribution in [0.25, 0.3) is 0 Å². The first-order valence-corrected chi connectivity index (χ1v) is 7.12.